The van der Waals surface area contributed by atoms with E-state index in [1.54, 1.807) is 19.4 Å². The number of anilines is 1. The first-order valence-corrected chi connectivity index (χ1v) is 11.1. The molecule has 0 radical (unpaired) electrons. The highest BCUT2D eigenvalue weighted by atomic mass is 16.5. The maximum Gasteiger partial charge on any atom is 0.310 e. The molecular weight excluding hydrogens is 382 g/mol. The number of esters is 1. The maximum atomic E-state index is 12.1. The van der Waals surface area contributed by atoms with Gasteiger partial charge in [-0.2, -0.15) is 0 Å². The number of guanidine groups is 1. The van der Waals surface area contributed by atoms with E-state index in [0.29, 0.717) is 13.2 Å². The fourth-order valence-corrected chi connectivity index (χ4v) is 4.08. The molecule has 1 unspecified atom stereocenters. The van der Waals surface area contributed by atoms with Gasteiger partial charge in [-0.25, -0.2) is 9.97 Å². The van der Waals surface area contributed by atoms with Gasteiger partial charge in [0.15, 0.2) is 5.96 Å². The zero-order valence-corrected chi connectivity index (χ0v) is 18.3. The molecule has 2 fully saturated rings. The third-order valence-corrected chi connectivity index (χ3v) is 5.69. The van der Waals surface area contributed by atoms with Gasteiger partial charge in [-0.3, -0.25) is 14.7 Å². The fraction of sp³-hybridized carbons (Fsp3) is 0.714. The third-order valence-electron chi connectivity index (χ3n) is 5.69. The molecule has 0 amide bonds. The number of nitrogens with one attached hydrogen (secondary N) is 1. The number of hydrogen-bond donors (Lipinski definition) is 1. The van der Waals surface area contributed by atoms with Crippen LogP contribution in [0.1, 0.15) is 26.2 Å². The SMILES string of the molecule is CCOC(=O)C1CCCN(C(=NC)NCCCN2CCN(c3ncccn3)CC2)C1. The monoisotopic (exact) mass is 417 g/mol. The molecule has 2 aliphatic rings. The number of rotatable bonds is 7. The molecule has 2 saturated heterocycles. The van der Waals surface area contributed by atoms with Crippen molar-refractivity contribution in [1.29, 1.82) is 0 Å². The summed E-state index contributed by atoms with van der Waals surface area (Å²) >= 11 is 0. The lowest BCUT2D eigenvalue weighted by molar-refractivity contribution is -0.149. The minimum Gasteiger partial charge on any atom is -0.466 e. The van der Waals surface area contributed by atoms with Gasteiger partial charge in [0.2, 0.25) is 5.95 Å². The molecule has 30 heavy (non-hydrogen) atoms. The molecule has 0 aromatic carbocycles. The number of hydrogen-bond acceptors (Lipinski definition) is 7. The average molecular weight is 418 g/mol. The Balaban J connectivity index is 1.35. The van der Waals surface area contributed by atoms with Gasteiger partial charge in [0.05, 0.1) is 12.5 Å². The van der Waals surface area contributed by atoms with Gasteiger partial charge in [-0.1, -0.05) is 0 Å². The van der Waals surface area contributed by atoms with Gasteiger partial charge < -0.3 is 19.9 Å². The van der Waals surface area contributed by atoms with Gasteiger partial charge >= 0.3 is 5.97 Å². The van der Waals surface area contributed by atoms with Crippen LogP contribution in [-0.2, 0) is 9.53 Å². The smallest absolute Gasteiger partial charge is 0.310 e. The van der Waals surface area contributed by atoms with Crippen LogP contribution in [0.25, 0.3) is 0 Å². The first kappa shape index (κ1) is 22.3. The molecule has 3 rings (SSSR count). The zero-order valence-electron chi connectivity index (χ0n) is 18.3. The second-order valence-corrected chi connectivity index (χ2v) is 7.74. The molecule has 9 heteroatoms. The largest absolute Gasteiger partial charge is 0.466 e. The van der Waals surface area contributed by atoms with Gasteiger partial charge in [-0.15, -0.1) is 0 Å². The van der Waals surface area contributed by atoms with E-state index in [4.69, 9.17) is 4.74 Å². The summed E-state index contributed by atoms with van der Waals surface area (Å²) in [4.78, 5) is 32.1. The van der Waals surface area contributed by atoms with Gasteiger partial charge in [-0.05, 0) is 38.8 Å². The van der Waals surface area contributed by atoms with Crippen LogP contribution in [0.2, 0.25) is 0 Å². The average Bonchev–Trinajstić information content (AvgIpc) is 2.80. The number of piperidine rings is 1. The van der Waals surface area contributed by atoms with E-state index in [2.05, 4.69) is 35.0 Å². The molecule has 1 atom stereocenters. The number of aliphatic imine (C=N–C) groups is 1. The molecule has 0 aliphatic carbocycles. The van der Waals surface area contributed by atoms with E-state index in [0.717, 1.165) is 77.0 Å². The lowest BCUT2D eigenvalue weighted by Crippen LogP contribution is -2.49. The van der Waals surface area contributed by atoms with Crippen LogP contribution in [0.4, 0.5) is 5.95 Å². The van der Waals surface area contributed by atoms with Crippen LogP contribution in [-0.4, -0.2) is 97.7 Å². The summed E-state index contributed by atoms with van der Waals surface area (Å²) in [5.41, 5.74) is 0. The summed E-state index contributed by atoms with van der Waals surface area (Å²) in [6, 6.07) is 1.85. The molecular formula is C21H35N7O2. The Labute approximate surface area is 179 Å². The Kier molecular flexibility index (Phi) is 8.67. The summed E-state index contributed by atoms with van der Waals surface area (Å²) in [6.45, 7) is 9.81. The molecule has 1 N–H and O–H groups in total. The van der Waals surface area contributed by atoms with Gasteiger partial charge in [0.25, 0.3) is 0 Å². The van der Waals surface area contributed by atoms with E-state index in [1.807, 2.05) is 13.0 Å². The summed E-state index contributed by atoms with van der Waals surface area (Å²) in [5, 5.41) is 3.47. The number of carbonyl (C=O) groups is 1. The highest BCUT2D eigenvalue weighted by Gasteiger charge is 2.28. The Bertz CT molecular complexity index is 677. The summed E-state index contributed by atoms with van der Waals surface area (Å²) < 4.78 is 5.20. The minimum absolute atomic E-state index is 0.0536. The molecule has 1 aromatic rings. The summed E-state index contributed by atoms with van der Waals surface area (Å²) in [5.74, 6) is 1.57. The molecule has 0 spiro atoms. The van der Waals surface area contributed by atoms with Crippen molar-refractivity contribution in [2.24, 2.45) is 10.9 Å². The molecule has 2 aliphatic heterocycles. The van der Waals surface area contributed by atoms with E-state index in [9.17, 15) is 4.79 Å². The Morgan fingerprint density at radius 2 is 2.00 bits per heavy atom. The van der Waals surface area contributed by atoms with E-state index < -0.39 is 0 Å². The van der Waals surface area contributed by atoms with Crippen molar-refractivity contribution in [2.75, 3.05) is 70.9 Å². The zero-order chi connectivity index (χ0) is 21.2. The van der Waals surface area contributed by atoms with Gasteiger partial charge in [0.1, 0.15) is 0 Å². The number of carbonyl (C=O) groups excluding carboxylic acids is 1. The van der Waals surface area contributed by atoms with Crippen molar-refractivity contribution in [1.82, 2.24) is 25.1 Å². The van der Waals surface area contributed by atoms with E-state index in [1.165, 1.54) is 0 Å². The quantitative estimate of drug-likeness (QED) is 0.302. The molecule has 166 valence electrons. The molecule has 9 nitrogen and oxygen atoms in total. The summed E-state index contributed by atoms with van der Waals surface area (Å²) in [7, 11) is 1.81. The standard InChI is InChI=1S/C21H35N7O2/c1-3-30-19(29)18-7-4-12-28(17-18)20(22-2)23-10-6-11-26-13-15-27(16-14-26)21-24-8-5-9-25-21/h5,8-9,18H,3-4,6-7,10-17H2,1-2H3,(H,22,23). The topological polar surface area (TPSA) is 86.2 Å². The normalized spacial score (nSPS) is 20.9. The van der Waals surface area contributed by atoms with Crippen LogP contribution in [0.3, 0.4) is 0 Å². The maximum absolute atomic E-state index is 12.1. The lowest BCUT2D eigenvalue weighted by atomic mass is 9.98. The highest BCUT2D eigenvalue weighted by molar-refractivity contribution is 5.81. The van der Waals surface area contributed by atoms with Gasteiger partial charge in [0, 0.05) is 65.3 Å². The molecule has 0 saturated carbocycles. The second kappa shape index (κ2) is 11.7. The number of piperazine rings is 1. The van der Waals surface area contributed by atoms with E-state index in [-0.39, 0.29) is 11.9 Å². The van der Waals surface area contributed by atoms with Crippen LogP contribution in [0.5, 0.6) is 0 Å². The lowest BCUT2D eigenvalue weighted by Gasteiger charge is -2.35. The highest BCUT2D eigenvalue weighted by Crippen LogP contribution is 2.18. The van der Waals surface area contributed by atoms with Crippen LogP contribution in [0, 0.1) is 5.92 Å². The van der Waals surface area contributed by atoms with Crippen molar-refractivity contribution in [3.05, 3.63) is 18.5 Å². The number of likely N-dealkylation sites (tertiary alicyclic amines) is 1. The Morgan fingerprint density at radius 3 is 2.70 bits per heavy atom. The predicted octanol–water partition coefficient (Wildman–Crippen LogP) is 0.839. The van der Waals surface area contributed by atoms with Crippen LogP contribution < -0.4 is 10.2 Å². The second-order valence-electron chi connectivity index (χ2n) is 7.74. The van der Waals surface area contributed by atoms with Crippen molar-refractivity contribution < 1.29 is 9.53 Å². The fourth-order valence-electron chi connectivity index (χ4n) is 4.08. The molecule has 0 bridgehead atoms. The van der Waals surface area contributed by atoms with Crippen LogP contribution >= 0.6 is 0 Å². The van der Waals surface area contributed by atoms with E-state index >= 15 is 0 Å². The number of nitrogens with zero attached hydrogens (tertiary/aromatic N) is 6. The Hall–Kier alpha value is -2.42. The predicted molar refractivity (Wildman–Crippen MR) is 118 cm³/mol. The van der Waals surface area contributed by atoms with Crippen molar-refractivity contribution >= 4 is 17.9 Å². The minimum atomic E-state index is -0.0855. The first-order valence-electron chi connectivity index (χ1n) is 11.1. The van der Waals surface area contributed by atoms with Crippen LogP contribution in [0.15, 0.2) is 23.5 Å². The third kappa shape index (κ3) is 6.29. The van der Waals surface area contributed by atoms with Crippen molar-refractivity contribution in [2.45, 2.75) is 26.2 Å². The van der Waals surface area contributed by atoms with Crippen molar-refractivity contribution in [3.63, 3.8) is 0 Å². The number of ether oxygens (including phenoxy) is 1. The Morgan fingerprint density at radius 1 is 1.23 bits per heavy atom. The molecule has 3 heterocycles. The number of aromatic nitrogens is 2. The first-order chi connectivity index (χ1) is 14.7. The molecule has 1 aromatic heterocycles. The van der Waals surface area contributed by atoms with Crippen molar-refractivity contribution in [3.8, 4) is 0 Å². The summed E-state index contributed by atoms with van der Waals surface area (Å²) in [6.07, 6.45) is 6.52.